The molecule has 0 N–H and O–H groups in total. The highest BCUT2D eigenvalue weighted by atomic mass is 28.4. The van der Waals surface area contributed by atoms with Gasteiger partial charge in [-0.2, -0.15) is 4.79 Å². The van der Waals surface area contributed by atoms with E-state index < -0.39 is 8.32 Å². The molecule has 0 radical (unpaired) electrons. The van der Waals surface area contributed by atoms with Gasteiger partial charge < -0.3 is 14.9 Å². The first-order valence-electron chi connectivity index (χ1n) is 8.19. The molecule has 6 heteroatoms. The van der Waals surface area contributed by atoms with Gasteiger partial charge in [-0.25, -0.2) is 0 Å². The lowest BCUT2D eigenvalue weighted by Crippen LogP contribution is -2.44. The highest BCUT2D eigenvalue weighted by Gasteiger charge is 2.39. The maximum atomic E-state index is 11.9. The van der Waals surface area contributed by atoms with Gasteiger partial charge in [0.15, 0.2) is 0 Å². The second kappa shape index (κ2) is 7.32. The van der Waals surface area contributed by atoms with Crippen LogP contribution in [0.15, 0.2) is 18.2 Å². The Balaban J connectivity index is 3.26. The summed E-state index contributed by atoms with van der Waals surface area (Å²) in [6.07, 6.45) is 0.884. The Kier molecular flexibility index (Phi) is 6.14. The molecule has 0 unspecified atom stereocenters. The molecule has 5 nitrogen and oxygen atoms in total. The molecule has 0 aliphatic carbocycles. The normalized spacial score (nSPS) is 11.9. The third-order valence-electron chi connectivity index (χ3n) is 4.67. The van der Waals surface area contributed by atoms with Crippen molar-refractivity contribution in [2.24, 2.45) is 0 Å². The average molecular weight is 348 g/mol. The summed E-state index contributed by atoms with van der Waals surface area (Å²) in [7, 11) is -0.286. The van der Waals surface area contributed by atoms with Crippen molar-refractivity contribution in [1.82, 2.24) is 0 Å². The maximum absolute atomic E-state index is 11.9. The number of nitrogens with zero attached hydrogens (tertiary/aromatic N) is 3. The largest absolute Gasteiger partial charge is 0.543 e. The lowest BCUT2D eigenvalue weighted by molar-refractivity contribution is -0.115. The summed E-state index contributed by atoms with van der Waals surface area (Å²) >= 11 is 0. The van der Waals surface area contributed by atoms with Gasteiger partial charge in [0, 0.05) is 12.7 Å². The predicted molar refractivity (Wildman–Crippen MR) is 101 cm³/mol. The number of carbonyl (C=O) groups is 1. The van der Waals surface area contributed by atoms with E-state index in [1.165, 1.54) is 4.90 Å². The number of benzene rings is 1. The third kappa shape index (κ3) is 4.55. The van der Waals surface area contributed by atoms with Crippen molar-refractivity contribution in [3.05, 3.63) is 29.3 Å². The highest BCUT2D eigenvalue weighted by molar-refractivity contribution is 6.74. The molecule has 1 rings (SSSR count). The van der Waals surface area contributed by atoms with Crippen LogP contribution in [0, 0.1) is 0 Å². The van der Waals surface area contributed by atoms with Gasteiger partial charge in [0.2, 0.25) is 8.32 Å². The van der Waals surface area contributed by atoms with Gasteiger partial charge in [0.25, 0.3) is 0 Å². The van der Waals surface area contributed by atoms with Gasteiger partial charge in [-0.1, -0.05) is 34.6 Å². The smallest absolute Gasteiger partial charge is 0.345 e. The van der Waals surface area contributed by atoms with Crippen molar-refractivity contribution in [2.45, 2.75) is 58.7 Å². The van der Waals surface area contributed by atoms with Crippen LogP contribution < -0.4 is 9.33 Å². The zero-order chi connectivity index (χ0) is 18.7. The summed E-state index contributed by atoms with van der Waals surface area (Å²) in [4.78, 5) is 16.1. The number of amides is 1. The Labute approximate surface area is 146 Å². The van der Waals surface area contributed by atoms with Crippen LogP contribution in [-0.4, -0.2) is 32.3 Å². The fourth-order valence-corrected chi connectivity index (χ4v) is 3.02. The molecule has 0 spiro atoms. The molecule has 132 valence electrons. The molecule has 0 bridgehead atoms. The van der Waals surface area contributed by atoms with E-state index in [9.17, 15) is 4.79 Å². The molecule has 0 aromatic heterocycles. The molecule has 0 saturated heterocycles. The van der Waals surface area contributed by atoms with Crippen LogP contribution in [0.1, 0.15) is 46.1 Å². The molecule has 1 aromatic carbocycles. The third-order valence-corrected chi connectivity index (χ3v) is 9.02. The molecule has 1 aromatic rings. The van der Waals surface area contributed by atoms with Gasteiger partial charge in [0.1, 0.15) is 5.75 Å². The Hall–Kier alpha value is -1.91. The molecule has 0 heterocycles. The molecule has 0 saturated carbocycles. The minimum Gasteiger partial charge on any atom is -0.543 e. The van der Waals surface area contributed by atoms with Crippen molar-refractivity contribution in [3.63, 3.8) is 0 Å². The van der Waals surface area contributed by atoms with E-state index in [-0.39, 0.29) is 16.9 Å². The fourth-order valence-electron chi connectivity index (χ4n) is 1.98. The molecule has 0 aliphatic heterocycles. The minimum atomic E-state index is -1.94. The van der Waals surface area contributed by atoms with Crippen LogP contribution in [0.5, 0.6) is 5.75 Å². The van der Waals surface area contributed by atoms with E-state index in [1.807, 2.05) is 18.2 Å². The van der Waals surface area contributed by atoms with Crippen LogP contribution in [0.3, 0.4) is 0 Å². The number of carbonyl (C=O) groups excluding carboxylic acids is 1. The van der Waals surface area contributed by atoms with Crippen LogP contribution in [0.2, 0.25) is 18.1 Å². The molecular formula is C18H29N3O2Si. The Bertz CT molecular complexity index is 657. The van der Waals surface area contributed by atoms with E-state index in [1.54, 1.807) is 7.05 Å². The number of hydrogen-bond donors (Lipinski definition) is 0. The molecule has 0 aliphatic rings. The molecule has 0 fully saturated rings. The van der Waals surface area contributed by atoms with Crippen LogP contribution >= 0.6 is 0 Å². The maximum Gasteiger partial charge on any atom is 0.345 e. The van der Waals surface area contributed by atoms with Crippen LogP contribution in [0.4, 0.5) is 5.69 Å². The first-order valence-corrected chi connectivity index (χ1v) is 11.1. The van der Waals surface area contributed by atoms with E-state index in [0.717, 1.165) is 23.2 Å². The molecule has 24 heavy (non-hydrogen) atoms. The van der Waals surface area contributed by atoms with Crippen molar-refractivity contribution in [2.75, 3.05) is 11.9 Å². The van der Waals surface area contributed by atoms with Crippen LogP contribution in [0.25, 0.3) is 5.53 Å². The second-order valence-corrected chi connectivity index (χ2v) is 12.6. The van der Waals surface area contributed by atoms with E-state index in [2.05, 4.69) is 52.5 Å². The zero-order valence-electron chi connectivity index (χ0n) is 16.0. The predicted octanol–water partition coefficient (Wildman–Crippen LogP) is 4.46. The Morgan fingerprint density at radius 1 is 1.33 bits per heavy atom. The quantitative estimate of drug-likeness (QED) is 0.342. The number of anilines is 1. The highest BCUT2D eigenvalue weighted by Crippen LogP contribution is 2.40. The van der Waals surface area contributed by atoms with E-state index >= 15 is 0 Å². The average Bonchev–Trinajstić information content (AvgIpc) is 2.45. The lowest BCUT2D eigenvalue weighted by Gasteiger charge is -2.37. The molecular weight excluding hydrogens is 318 g/mol. The van der Waals surface area contributed by atoms with Gasteiger partial charge in [0.05, 0.1) is 0 Å². The summed E-state index contributed by atoms with van der Waals surface area (Å²) in [6, 6.07) is 5.76. The number of hydrogen-bond acceptors (Lipinski definition) is 2. The standard InChI is InChI=1S/C18H29N3O2Si/c1-13(2)15-11-14(21(6)17(22)12-20-19)9-10-16(15)23-24(7,8)18(3,4)5/h9-13H,1-8H3. The Morgan fingerprint density at radius 2 is 1.92 bits per heavy atom. The lowest BCUT2D eigenvalue weighted by atomic mass is 10.0. The van der Waals surface area contributed by atoms with E-state index in [4.69, 9.17) is 9.96 Å². The fraction of sp³-hybridized carbons (Fsp3) is 0.556. The molecule has 0 atom stereocenters. The SMILES string of the molecule is CC(C)c1cc(N(C)C(=O)C=[N+]=[N-])ccc1O[Si](C)(C)C(C)(C)C. The topological polar surface area (TPSA) is 65.9 Å². The first kappa shape index (κ1) is 20.1. The van der Waals surface area contributed by atoms with Gasteiger partial charge >= 0.3 is 12.1 Å². The summed E-state index contributed by atoms with van der Waals surface area (Å²) in [5.74, 6) is 0.766. The van der Waals surface area contributed by atoms with Crippen molar-refractivity contribution in [1.29, 1.82) is 0 Å². The summed E-state index contributed by atoms with van der Waals surface area (Å²) < 4.78 is 6.47. The summed E-state index contributed by atoms with van der Waals surface area (Å²) in [5.41, 5.74) is 10.3. The summed E-state index contributed by atoms with van der Waals surface area (Å²) in [5, 5.41) is 0.115. The monoisotopic (exact) mass is 347 g/mol. The second-order valence-electron chi connectivity index (χ2n) is 7.88. The van der Waals surface area contributed by atoms with Crippen molar-refractivity contribution in [3.8, 4) is 5.75 Å². The Morgan fingerprint density at radius 3 is 2.38 bits per heavy atom. The first-order chi connectivity index (χ1) is 10.9. The minimum absolute atomic E-state index is 0.115. The van der Waals surface area contributed by atoms with E-state index in [0.29, 0.717) is 0 Å². The number of rotatable bonds is 5. The van der Waals surface area contributed by atoms with Crippen LogP contribution in [-0.2, 0) is 4.79 Å². The van der Waals surface area contributed by atoms with Gasteiger partial charge in [-0.15, -0.1) is 0 Å². The van der Waals surface area contributed by atoms with Crippen molar-refractivity contribution >= 4 is 26.1 Å². The van der Waals surface area contributed by atoms with Crippen molar-refractivity contribution < 1.29 is 14.0 Å². The zero-order valence-corrected chi connectivity index (χ0v) is 17.0. The van der Waals surface area contributed by atoms with Gasteiger partial charge in [-0.3, -0.25) is 4.79 Å². The molecule has 1 amide bonds. The van der Waals surface area contributed by atoms with Gasteiger partial charge in [-0.05, 0) is 47.8 Å². The summed E-state index contributed by atoms with van der Waals surface area (Å²) in [6.45, 7) is 15.3.